The molecule has 0 unspecified atom stereocenters. The number of carbonyl (C=O) groups excluding carboxylic acids is 1. The molecule has 0 radical (unpaired) electrons. The van der Waals surface area contributed by atoms with E-state index in [4.69, 9.17) is 9.47 Å². The summed E-state index contributed by atoms with van der Waals surface area (Å²) < 4.78 is 26.6. The van der Waals surface area contributed by atoms with Crippen LogP contribution < -0.4 is 14.8 Å². The van der Waals surface area contributed by atoms with Gasteiger partial charge in [0, 0.05) is 29.4 Å². The summed E-state index contributed by atoms with van der Waals surface area (Å²) in [6.07, 6.45) is 0.858. The van der Waals surface area contributed by atoms with Crippen LogP contribution in [0.2, 0.25) is 0 Å². The van der Waals surface area contributed by atoms with Gasteiger partial charge in [-0.25, -0.2) is 13.9 Å². The van der Waals surface area contributed by atoms with Crippen LogP contribution in [0.1, 0.15) is 41.9 Å². The minimum absolute atomic E-state index is 0.0489. The maximum atomic E-state index is 13.7. The van der Waals surface area contributed by atoms with E-state index in [9.17, 15) is 9.18 Å². The highest BCUT2D eigenvalue weighted by Crippen LogP contribution is 2.32. The summed E-state index contributed by atoms with van der Waals surface area (Å²) in [5, 5.41) is 7.71. The number of halogens is 1. The number of fused-ring (bicyclic) bond motifs is 2. The summed E-state index contributed by atoms with van der Waals surface area (Å²) in [5.41, 5.74) is 5.76. The molecule has 1 aliphatic rings. The second kappa shape index (κ2) is 9.37. The lowest BCUT2D eigenvalue weighted by molar-refractivity contribution is -0.121. The number of hydrogen-bond donors (Lipinski definition) is 1. The summed E-state index contributed by atoms with van der Waals surface area (Å²) in [5.74, 6) is 1.08. The van der Waals surface area contributed by atoms with Gasteiger partial charge in [0.1, 0.15) is 19.0 Å². The highest BCUT2D eigenvalue weighted by atomic mass is 19.1. The van der Waals surface area contributed by atoms with Gasteiger partial charge in [0.2, 0.25) is 5.91 Å². The Morgan fingerprint density at radius 3 is 2.71 bits per heavy atom. The molecule has 1 amide bonds. The number of hydrogen-bond acceptors (Lipinski definition) is 5. The van der Waals surface area contributed by atoms with Crippen molar-refractivity contribution < 1.29 is 18.7 Å². The molecular weight excluding hydrogens is 447 g/mol. The zero-order valence-corrected chi connectivity index (χ0v) is 20.0. The first-order chi connectivity index (χ1) is 16.9. The molecule has 0 saturated heterocycles. The van der Waals surface area contributed by atoms with Crippen LogP contribution in [0.5, 0.6) is 11.5 Å². The molecule has 0 aliphatic carbocycles. The number of nitrogens with zero attached hydrogens (tertiary/aromatic N) is 3. The van der Waals surface area contributed by atoms with E-state index in [1.807, 2.05) is 51.1 Å². The van der Waals surface area contributed by atoms with Gasteiger partial charge in [-0.3, -0.25) is 4.79 Å². The Kier molecular flexibility index (Phi) is 6.11. The van der Waals surface area contributed by atoms with E-state index in [-0.39, 0.29) is 17.8 Å². The zero-order valence-electron chi connectivity index (χ0n) is 20.0. The van der Waals surface area contributed by atoms with Crippen LogP contribution in [0.4, 0.5) is 4.39 Å². The second-order valence-electron chi connectivity index (χ2n) is 8.76. The van der Waals surface area contributed by atoms with Crippen molar-refractivity contribution in [1.82, 2.24) is 19.9 Å². The second-order valence-corrected chi connectivity index (χ2v) is 8.76. The Morgan fingerprint density at radius 2 is 1.91 bits per heavy atom. The van der Waals surface area contributed by atoms with Gasteiger partial charge in [-0.15, -0.1) is 0 Å². The Labute approximate surface area is 202 Å². The van der Waals surface area contributed by atoms with Crippen molar-refractivity contribution in [1.29, 1.82) is 0 Å². The molecule has 0 saturated carbocycles. The number of carbonyl (C=O) groups is 1. The monoisotopic (exact) mass is 474 g/mol. The van der Waals surface area contributed by atoms with Gasteiger partial charge in [0.05, 0.1) is 11.7 Å². The molecule has 3 heterocycles. The summed E-state index contributed by atoms with van der Waals surface area (Å²) >= 11 is 0. The summed E-state index contributed by atoms with van der Waals surface area (Å²) in [4.78, 5) is 17.4. The molecule has 7 nitrogen and oxygen atoms in total. The molecule has 2 aromatic heterocycles. The van der Waals surface area contributed by atoms with Gasteiger partial charge in [-0.2, -0.15) is 5.10 Å². The van der Waals surface area contributed by atoms with Crippen LogP contribution in [0, 0.1) is 19.7 Å². The minimum Gasteiger partial charge on any atom is -0.486 e. The van der Waals surface area contributed by atoms with Crippen LogP contribution in [0.25, 0.3) is 16.9 Å². The van der Waals surface area contributed by atoms with Gasteiger partial charge < -0.3 is 14.8 Å². The quantitative estimate of drug-likeness (QED) is 0.437. The van der Waals surface area contributed by atoms with Gasteiger partial charge in [0.15, 0.2) is 17.1 Å². The van der Waals surface area contributed by atoms with Gasteiger partial charge in [-0.05, 0) is 62.6 Å². The van der Waals surface area contributed by atoms with Crippen LogP contribution in [-0.4, -0.2) is 33.7 Å². The van der Waals surface area contributed by atoms with Crippen molar-refractivity contribution >= 4 is 11.6 Å². The average Bonchev–Trinajstić information content (AvgIpc) is 3.28. The lowest BCUT2D eigenvalue weighted by Crippen LogP contribution is -2.27. The number of benzene rings is 2. The molecule has 1 N–H and O–H groups in total. The molecule has 5 rings (SSSR count). The number of aromatic nitrogens is 3. The fourth-order valence-electron chi connectivity index (χ4n) is 4.44. The minimum atomic E-state index is -0.308. The van der Waals surface area contributed by atoms with Gasteiger partial charge in [-0.1, -0.05) is 18.2 Å². The highest BCUT2D eigenvalue weighted by molar-refractivity contribution is 5.77. The van der Waals surface area contributed by atoms with Crippen LogP contribution >= 0.6 is 0 Å². The predicted octanol–water partition coefficient (Wildman–Crippen LogP) is 4.73. The SMILES string of the molecule is Cc1nc2cc(-c3cccc(F)c3)nn2c(C)c1CCC(=O)N[C@H](C)c1ccc2c(c1)OCCO2. The standard InChI is InChI=1S/C27H27FN4O3/c1-16(19-7-9-24-25(14-19)35-12-11-34-24)30-27(33)10-8-22-17(2)29-26-15-23(31-32(26)18(22)3)20-5-4-6-21(28)13-20/h4-7,9,13-16H,8,10-12H2,1-3H3,(H,30,33)/t16-/m1/s1. The first kappa shape index (κ1) is 22.8. The summed E-state index contributed by atoms with van der Waals surface area (Å²) in [7, 11) is 0. The largest absolute Gasteiger partial charge is 0.486 e. The van der Waals surface area contributed by atoms with Gasteiger partial charge in [0.25, 0.3) is 0 Å². The highest BCUT2D eigenvalue weighted by Gasteiger charge is 2.18. The van der Waals surface area contributed by atoms with Crippen LogP contribution in [0.15, 0.2) is 48.5 Å². The maximum absolute atomic E-state index is 13.7. The lowest BCUT2D eigenvalue weighted by atomic mass is 10.0. The smallest absolute Gasteiger partial charge is 0.220 e. The van der Waals surface area contributed by atoms with Crippen LogP contribution in [0.3, 0.4) is 0 Å². The summed E-state index contributed by atoms with van der Waals surface area (Å²) in [6.45, 7) is 6.92. The Bertz CT molecular complexity index is 1420. The lowest BCUT2D eigenvalue weighted by Gasteiger charge is -2.21. The molecule has 8 heteroatoms. The summed E-state index contributed by atoms with van der Waals surface area (Å²) in [6, 6.07) is 13.8. The maximum Gasteiger partial charge on any atom is 0.220 e. The number of ether oxygens (including phenoxy) is 2. The van der Waals surface area contributed by atoms with Crippen molar-refractivity contribution in [3.8, 4) is 22.8 Å². The van der Waals surface area contributed by atoms with E-state index in [0.29, 0.717) is 48.7 Å². The third-order valence-corrected chi connectivity index (χ3v) is 6.33. The van der Waals surface area contributed by atoms with Crippen molar-refractivity contribution in [2.24, 2.45) is 0 Å². The van der Waals surface area contributed by atoms with Gasteiger partial charge >= 0.3 is 0 Å². The van der Waals surface area contributed by atoms with Crippen molar-refractivity contribution in [3.63, 3.8) is 0 Å². The molecule has 4 aromatic rings. The van der Waals surface area contributed by atoms with Crippen molar-refractivity contribution in [2.45, 2.75) is 39.7 Å². The third kappa shape index (κ3) is 4.69. The zero-order chi connectivity index (χ0) is 24.5. The fraction of sp³-hybridized carbons (Fsp3) is 0.296. The number of nitrogens with one attached hydrogen (secondary N) is 1. The van der Waals surface area contributed by atoms with E-state index in [1.165, 1.54) is 12.1 Å². The average molecular weight is 475 g/mol. The molecule has 2 aromatic carbocycles. The molecule has 180 valence electrons. The van der Waals surface area contributed by atoms with E-state index in [1.54, 1.807) is 10.6 Å². The van der Waals surface area contributed by atoms with E-state index in [0.717, 1.165) is 28.3 Å². The molecular formula is C27H27FN4O3. The molecule has 1 aliphatic heterocycles. The Morgan fingerprint density at radius 1 is 1.11 bits per heavy atom. The fourth-order valence-corrected chi connectivity index (χ4v) is 4.44. The van der Waals surface area contributed by atoms with E-state index >= 15 is 0 Å². The molecule has 1 atom stereocenters. The third-order valence-electron chi connectivity index (χ3n) is 6.33. The molecule has 35 heavy (non-hydrogen) atoms. The molecule has 0 fully saturated rings. The number of amides is 1. The van der Waals surface area contributed by atoms with E-state index < -0.39 is 0 Å². The molecule has 0 spiro atoms. The number of aryl methyl sites for hydroxylation is 2. The number of rotatable bonds is 6. The van der Waals surface area contributed by atoms with Crippen LogP contribution in [-0.2, 0) is 11.2 Å². The normalized spacial score (nSPS) is 13.6. The first-order valence-electron chi connectivity index (χ1n) is 11.7. The Balaban J connectivity index is 1.29. The first-order valence-corrected chi connectivity index (χ1v) is 11.7. The van der Waals surface area contributed by atoms with Crippen molar-refractivity contribution in [3.05, 3.63) is 76.9 Å². The predicted molar refractivity (Wildman–Crippen MR) is 130 cm³/mol. The molecule has 0 bridgehead atoms. The Hall–Kier alpha value is -3.94. The van der Waals surface area contributed by atoms with Crippen molar-refractivity contribution in [2.75, 3.05) is 13.2 Å². The topological polar surface area (TPSA) is 77.8 Å². The van der Waals surface area contributed by atoms with E-state index in [2.05, 4.69) is 15.4 Å².